The molecule has 0 saturated carbocycles. The average molecular weight is 581 g/mol. The fourth-order valence-corrected chi connectivity index (χ4v) is 5.41. The first kappa shape index (κ1) is 40.0. The van der Waals surface area contributed by atoms with Gasteiger partial charge in [-0.2, -0.15) is 0 Å². The molecule has 0 aromatic carbocycles. The molecule has 0 bridgehead atoms. The largest absolute Gasteiger partial charge is 0.498 e. The predicted molar refractivity (Wildman–Crippen MR) is 177 cm³/mol. The summed E-state index contributed by atoms with van der Waals surface area (Å²) in [5.41, 5.74) is 0. The second kappa shape index (κ2) is 35.2. The highest BCUT2D eigenvalue weighted by Crippen LogP contribution is 2.15. The Hall–Kier alpha value is -1.03. The Morgan fingerprint density at radius 2 is 0.927 bits per heavy atom. The highest BCUT2D eigenvalue weighted by molar-refractivity contribution is 5.69. The lowest BCUT2D eigenvalue weighted by molar-refractivity contribution is -0.153. The number of hydrogen-bond donors (Lipinski definition) is 1. The summed E-state index contributed by atoms with van der Waals surface area (Å²) in [5, 5.41) is 9.52. The van der Waals surface area contributed by atoms with Crippen molar-refractivity contribution in [2.45, 2.75) is 206 Å². The normalized spacial score (nSPS) is 12.3. The third-order valence-electron chi connectivity index (χ3n) is 8.19. The van der Waals surface area contributed by atoms with Gasteiger partial charge in [-0.3, -0.25) is 4.79 Å². The maximum Gasteiger partial charge on any atom is 0.306 e. The molecule has 0 aromatic heterocycles. The number of aliphatic hydroxyl groups is 1. The van der Waals surface area contributed by atoms with Crippen molar-refractivity contribution in [1.29, 1.82) is 0 Å². The van der Waals surface area contributed by atoms with Crippen LogP contribution < -0.4 is 0 Å². The Labute approximate surface area is 256 Å². The van der Waals surface area contributed by atoms with Gasteiger partial charge in [0.05, 0.1) is 12.9 Å². The average Bonchev–Trinajstić information content (AvgIpc) is 2.98. The van der Waals surface area contributed by atoms with Gasteiger partial charge in [-0.25, -0.2) is 0 Å². The molecule has 4 heteroatoms. The lowest BCUT2D eigenvalue weighted by atomic mass is 10.0. The zero-order chi connectivity index (χ0) is 29.9. The van der Waals surface area contributed by atoms with Gasteiger partial charge in [0.1, 0.15) is 6.61 Å². The van der Waals surface area contributed by atoms with Crippen LogP contribution in [0, 0.1) is 0 Å². The number of hydrogen-bond acceptors (Lipinski definition) is 4. The molecule has 0 aromatic rings. The Kier molecular flexibility index (Phi) is 34.3. The molecule has 0 heterocycles. The SMILES string of the molecule is CCCCCCCCCCCCCCC=COCC(CO)OC(=O)CCCCCCCCCCCCCCCCC. The van der Waals surface area contributed by atoms with E-state index >= 15 is 0 Å². The van der Waals surface area contributed by atoms with E-state index in [0.717, 1.165) is 19.3 Å². The fraction of sp³-hybridized carbons (Fsp3) is 0.919. The number of aliphatic hydroxyl groups excluding tert-OH is 1. The number of unbranched alkanes of at least 4 members (excludes halogenated alkanes) is 26. The number of allylic oxidation sites excluding steroid dienone is 1. The molecular weight excluding hydrogens is 508 g/mol. The van der Waals surface area contributed by atoms with Gasteiger partial charge in [0.2, 0.25) is 0 Å². The van der Waals surface area contributed by atoms with Crippen LogP contribution in [0.1, 0.15) is 200 Å². The summed E-state index contributed by atoms with van der Waals surface area (Å²) < 4.78 is 10.9. The molecule has 244 valence electrons. The van der Waals surface area contributed by atoms with Crippen molar-refractivity contribution < 1.29 is 19.4 Å². The minimum atomic E-state index is -0.574. The molecule has 0 rings (SSSR count). The van der Waals surface area contributed by atoms with E-state index in [1.54, 1.807) is 6.26 Å². The van der Waals surface area contributed by atoms with Crippen LogP contribution >= 0.6 is 0 Å². The lowest BCUT2D eigenvalue weighted by Crippen LogP contribution is -2.26. The maximum atomic E-state index is 12.1. The molecule has 0 saturated heterocycles. The van der Waals surface area contributed by atoms with E-state index in [1.807, 2.05) is 6.08 Å². The van der Waals surface area contributed by atoms with E-state index in [4.69, 9.17) is 9.47 Å². The Morgan fingerprint density at radius 3 is 1.32 bits per heavy atom. The Balaban J connectivity index is 3.45. The van der Waals surface area contributed by atoms with Gasteiger partial charge >= 0.3 is 5.97 Å². The van der Waals surface area contributed by atoms with Crippen molar-refractivity contribution in [1.82, 2.24) is 0 Å². The van der Waals surface area contributed by atoms with Gasteiger partial charge in [0.25, 0.3) is 0 Å². The molecule has 0 aliphatic carbocycles. The van der Waals surface area contributed by atoms with Crippen LogP contribution in [-0.4, -0.2) is 30.4 Å². The Morgan fingerprint density at radius 1 is 0.561 bits per heavy atom. The van der Waals surface area contributed by atoms with Gasteiger partial charge in [-0.05, 0) is 25.3 Å². The molecule has 1 unspecified atom stereocenters. The van der Waals surface area contributed by atoms with Crippen molar-refractivity contribution in [3.05, 3.63) is 12.3 Å². The highest BCUT2D eigenvalue weighted by Gasteiger charge is 2.13. The predicted octanol–water partition coefficient (Wildman–Crippen LogP) is 11.8. The molecule has 0 radical (unpaired) electrons. The molecule has 0 amide bonds. The zero-order valence-corrected chi connectivity index (χ0v) is 27.8. The maximum absolute atomic E-state index is 12.1. The molecule has 1 N–H and O–H groups in total. The van der Waals surface area contributed by atoms with Crippen molar-refractivity contribution in [2.24, 2.45) is 0 Å². The summed E-state index contributed by atoms with van der Waals surface area (Å²) in [6.45, 7) is 4.57. The first-order valence-electron chi connectivity index (χ1n) is 18.3. The van der Waals surface area contributed by atoms with Gasteiger partial charge in [0, 0.05) is 6.42 Å². The molecule has 4 nitrogen and oxygen atoms in total. The van der Waals surface area contributed by atoms with Crippen molar-refractivity contribution in [2.75, 3.05) is 13.2 Å². The smallest absolute Gasteiger partial charge is 0.306 e. The van der Waals surface area contributed by atoms with Gasteiger partial charge in [-0.1, -0.05) is 174 Å². The third kappa shape index (κ3) is 33.3. The van der Waals surface area contributed by atoms with E-state index in [2.05, 4.69) is 13.8 Å². The van der Waals surface area contributed by atoms with E-state index in [9.17, 15) is 9.90 Å². The van der Waals surface area contributed by atoms with Crippen molar-refractivity contribution in [3.8, 4) is 0 Å². The van der Waals surface area contributed by atoms with Crippen LogP contribution in [0.5, 0.6) is 0 Å². The zero-order valence-electron chi connectivity index (χ0n) is 27.8. The first-order valence-corrected chi connectivity index (χ1v) is 18.3. The van der Waals surface area contributed by atoms with Crippen LogP contribution in [0.4, 0.5) is 0 Å². The van der Waals surface area contributed by atoms with E-state index in [-0.39, 0.29) is 19.2 Å². The topological polar surface area (TPSA) is 55.8 Å². The van der Waals surface area contributed by atoms with Crippen LogP contribution in [0.15, 0.2) is 12.3 Å². The van der Waals surface area contributed by atoms with Crippen LogP contribution in [-0.2, 0) is 14.3 Å². The minimum absolute atomic E-state index is 0.197. The number of carbonyl (C=O) groups is 1. The van der Waals surface area contributed by atoms with E-state index in [0.29, 0.717) is 6.42 Å². The molecule has 1 atom stereocenters. The van der Waals surface area contributed by atoms with Gasteiger partial charge in [-0.15, -0.1) is 0 Å². The van der Waals surface area contributed by atoms with E-state index < -0.39 is 6.10 Å². The van der Waals surface area contributed by atoms with Gasteiger partial charge in [0.15, 0.2) is 6.10 Å². The van der Waals surface area contributed by atoms with E-state index in [1.165, 1.54) is 161 Å². The number of carbonyl (C=O) groups excluding carboxylic acids is 1. The summed E-state index contributed by atoms with van der Waals surface area (Å²) >= 11 is 0. The van der Waals surface area contributed by atoms with Crippen molar-refractivity contribution >= 4 is 5.97 Å². The van der Waals surface area contributed by atoms with Crippen LogP contribution in [0.25, 0.3) is 0 Å². The molecular formula is C37H72O4. The summed E-state index contributed by atoms with van der Waals surface area (Å²) in [7, 11) is 0. The number of ether oxygens (including phenoxy) is 2. The Bertz CT molecular complexity index is 533. The van der Waals surface area contributed by atoms with Gasteiger partial charge < -0.3 is 14.6 Å². The minimum Gasteiger partial charge on any atom is -0.498 e. The molecule has 0 fully saturated rings. The summed E-state index contributed by atoms with van der Waals surface area (Å²) in [4.78, 5) is 12.1. The quantitative estimate of drug-likeness (QED) is 0.0467. The molecule has 0 spiro atoms. The monoisotopic (exact) mass is 581 g/mol. The number of esters is 1. The molecule has 0 aliphatic heterocycles. The van der Waals surface area contributed by atoms with Crippen molar-refractivity contribution in [3.63, 3.8) is 0 Å². The summed E-state index contributed by atoms with van der Waals surface area (Å²) in [6, 6.07) is 0. The number of rotatable bonds is 34. The summed E-state index contributed by atoms with van der Waals surface area (Å²) in [6.07, 6.45) is 40.6. The standard InChI is InChI=1S/C37H72O4/c1-3-5-7-9-11-13-15-17-19-20-22-24-26-28-30-32-37(39)41-36(34-38)35-40-33-31-29-27-25-23-21-18-16-14-12-10-8-6-4-2/h31,33,36,38H,3-30,32,34-35H2,1-2H3. The first-order chi connectivity index (χ1) is 20.2. The highest BCUT2D eigenvalue weighted by atomic mass is 16.6. The third-order valence-corrected chi connectivity index (χ3v) is 8.19. The van der Waals surface area contributed by atoms with Crippen LogP contribution in [0.2, 0.25) is 0 Å². The fourth-order valence-electron chi connectivity index (χ4n) is 5.41. The van der Waals surface area contributed by atoms with Crippen LogP contribution in [0.3, 0.4) is 0 Å². The second-order valence-electron chi connectivity index (χ2n) is 12.4. The molecule has 0 aliphatic rings. The molecule has 41 heavy (non-hydrogen) atoms. The summed E-state index contributed by atoms with van der Waals surface area (Å²) in [5.74, 6) is -0.220. The second-order valence-corrected chi connectivity index (χ2v) is 12.4. The lowest BCUT2D eigenvalue weighted by Gasteiger charge is -2.15.